The Balaban J connectivity index is 1.32. The van der Waals surface area contributed by atoms with Crippen LogP contribution in [0.1, 0.15) is 25.7 Å². The number of carboxylic acids is 1. The summed E-state index contributed by atoms with van der Waals surface area (Å²) in [5.41, 5.74) is 1.92. The molecular weight excluding hydrogens is 423 g/mol. The number of carboxylic acid groups (broad SMARTS) is 1. The lowest BCUT2D eigenvalue weighted by Crippen LogP contribution is -2.61. The molecule has 4 aromatic rings. The van der Waals surface area contributed by atoms with Crippen LogP contribution in [0.3, 0.4) is 0 Å². The molecule has 4 aliphatic rings. The molecule has 9 heteroatoms. The van der Waals surface area contributed by atoms with Gasteiger partial charge in [0, 0.05) is 30.2 Å². The van der Waals surface area contributed by atoms with Crippen molar-refractivity contribution in [3.8, 4) is 11.4 Å². The van der Waals surface area contributed by atoms with Crippen LogP contribution in [0.25, 0.3) is 27.8 Å². The highest BCUT2D eigenvalue weighted by atomic mass is 19.1. The molecule has 8 nitrogen and oxygen atoms in total. The molecule has 4 saturated carbocycles. The van der Waals surface area contributed by atoms with Crippen LogP contribution in [0.4, 0.5) is 10.2 Å². The molecule has 0 spiro atoms. The number of rotatable bonds is 4. The third-order valence-corrected chi connectivity index (χ3v) is 8.35. The van der Waals surface area contributed by atoms with Crippen molar-refractivity contribution in [1.29, 1.82) is 0 Å². The molecule has 4 heterocycles. The summed E-state index contributed by atoms with van der Waals surface area (Å²) >= 11 is 0. The molecule has 0 radical (unpaired) electrons. The maximum atomic E-state index is 14.1. The van der Waals surface area contributed by atoms with E-state index in [1.165, 1.54) is 12.6 Å². The molecule has 4 fully saturated rings. The van der Waals surface area contributed by atoms with E-state index in [2.05, 4.69) is 20.4 Å². The van der Waals surface area contributed by atoms with Gasteiger partial charge in [-0.2, -0.15) is 4.39 Å². The third kappa shape index (κ3) is 2.68. The van der Waals surface area contributed by atoms with Gasteiger partial charge in [0.05, 0.1) is 16.8 Å². The molecule has 0 amide bonds. The van der Waals surface area contributed by atoms with Crippen LogP contribution in [0.5, 0.6) is 0 Å². The van der Waals surface area contributed by atoms with Crippen molar-refractivity contribution in [1.82, 2.24) is 24.6 Å². The second-order valence-corrected chi connectivity index (χ2v) is 9.73. The van der Waals surface area contributed by atoms with Crippen LogP contribution in [-0.2, 0) is 4.79 Å². The molecule has 0 aliphatic heterocycles. The molecule has 33 heavy (non-hydrogen) atoms. The molecule has 2 bridgehead atoms. The lowest BCUT2D eigenvalue weighted by atomic mass is 9.46. The van der Waals surface area contributed by atoms with Gasteiger partial charge in [-0.1, -0.05) is 0 Å². The number of carbonyl (C=O) groups is 1. The second-order valence-electron chi connectivity index (χ2n) is 9.73. The minimum atomic E-state index is -0.717. The van der Waals surface area contributed by atoms with Crippen LogP contribution in [0.15, 0.2) is 36.8 Å². The number of nitrogens with zero attached hydrogens (tertiary/aromatic N) is 4. The number of halogens is 1. The quantitative estimate of drug-likeness (QED) is 0.438. The summed E-state index contributed by atoms with van der Waals surface area (Å²) in [6.45, 7) is 0. The topological polar surface area (TPSA) is 108 Å². The standard InChI is InChI=1S/C24H23FN6O2/c25-21-16-8-11(9-26-17(16)10-27-21)22-29-23(18-2-1-7-31(18)30-22)28-20-15-6-5-14(19(20)24(32)33)12-3-4-13(12)15/h1-2,7-10,12-15,19-20,27H,3-6H2,(H,32,33)(H,28,29,30)/t12?,13?,14-,15+,19+,20+/m0/s1. The summed E-state index contributed by atoms with van der Waals surface area (Å²) in [6.07, 6.45) is 9.41. The van der Waals surface area contributed by atoms with Gasteiger partial charge in [-0.25, -0.2) is 9.50 Å². The molecule has 4 aromatic heterocycles. The average Bonchev–Trinajstić information content (AvgIpc) is 3.40. The fraction of sp³-hybridized carbons (Fsp3) is 0.417. The van der Waals surface area contributed by atoms with Gasteiger partial charge in [0.15, 0.2) is 11.6 Å². The Kier molecular flexibility index (Phi) is 3.89. The largest absolute Gasteiger partial charge is 0.481 e. The van der Waals surface area contributed by atoms with E-state index >= 15 is 0 Å². The maximum Gasteiger partial charge on any atom is 0.308 e. The van der Waals surface area contributed by atoms with E-state index in [4.69, 9.17) is 4.98 Å². The highest BCUT2D eigenvalue weighted by Gasteiger charge is 2.59. The van der Waals surface area contributed by atoms with Crippen LogP contribution in [0, 0.1) is 35.5 Å². The van der Waals surface area contributed by atoms with Crippen molar-refractivity contribution in [2.75, 3.05) is 5.32 Å². The number of aromatic nitrogens is 5. The van der Waals surface area contributed by atoms with E-state index in [9.17, 15) is 14.3 Å². The fourth-order valence-electron chi connectivity index (χ4n) is 6.80. The Morgan fingerprint density at radius 3 is 2.79 bits per heavy atom. The third-order valence-electron chi connectivity index (χ3n) is 8.35. The van der Waals surface area contributed by atoms with Crippen molar-refractivity contribution in [3.63, 3.8) is 0 Å². The van der Waals surface area contributed by atoms with Gasteiger partial charge in [-0.15, -0.1) is 5.10 Å². The molecule has 2 unspecified atom stereocenters. The zero-order chi connectivity index (χ0) is 22.3. The van der Waals surface area contributed by atoms with Gasteiger partial charge < -0.3 is 15.4 Å². The summed E-state index contributed by atoms with van der Waals surface area (Å²) in [7, 11) is 0. The second kappa shape index (κ2) is 6.76. The van der Waals surface area contributed by atoms with Crippen LogP contribution < -0.4 is 5.32 Å². The lowest BCUT2D eigenvalue weighted by Gasteiger charge is -2.60. The van der Waals surface area contributed by atoms with E-state index in [0.717, 1.165) is 24.8 Å². The number of anilines is 1. The summed E-state index contributed by atoms with van der Waals surface area (Å²) in [5, 5.41) is 18.7. The van der Waals surface area contributed by atoms with E-state index in [1.807, 2.05) is 18.3 Å². The first-order chi connectivity index (χ1) is 16.1. The van der Waals surface area contributed by atoms with Crippen LogP contribution >= 0.6 is 0 Å². The SMILES string of the molecule is O=C(O)[C@H]1[C@H](Nc2nc(-c3cnc4c[nH]c(F)c4c3)nn3cccc23)[C@@H]2CC[C@H]1C1CCC12. The van der Waals surface area contributed by atoms with E-state index in [1.54, 1.807) is 16.8 Å². The van der Waals surface area contributed by atoms with Crippen molar-refractivity contribution in [2.45, 2.75) is 31.7 Å². The van der Waals surface area contributed by atoms with Gasteiger partial charge in [-0.3, -0.25) is 9.78 Å². The highest BCUT2D eigenvalue weighted by Crippen LogP contribution is 2.60. The van der Waals surface area contributed by atoms with Crippen molar-refractivity contribution in [2.24, 2.45) is 29.6 Å². The Labute approximate surface area is 188 Å². The monoisotopic (exact) mass is 446 g/mol. The zero-order valence-corrected chi connectivity index (χ0v) is 17.8. The van der Waals surface area contributed by atoms with Crippen molar-refractivity contribution < 1.29 is 14.3 Å². The zero-order valence-electron chi connectivity index (χ0n) is 17.8. The molecule has 0 aromatic carbocycles. The van der Waals surface area contributed by atoms with Gasteiger partial charge in [0.2, 0.25) is 5.95 Å². The van der Waals surface area contributed by atoms with Crippen molar-refractivity contribution in [3.05, 3.63) is 42.7 Å². The molecule has 6 atom stereocenters. The number of H-pyrrole nitrogens is 1. The van der Waals surface area contributed by atoms with Crippen LogP contribution in [-0.4, -0.2) is 41.7 Å². The minimum absolute atomic E-state index is 0.160. The molecule has 4 aliphatic carbocycles. The summed E-state index contributed by atoms with van der Waals surface area (Å²) in [6, 6.07) is 5.33. The average molecular weight is 446 g/mol. The minimum Gasteiger partial charge on any atom is -0.481 e. The Morgan fingerprint density at radius 2 is 1.97 bits per heavy atom. The predicted octanol–water partition coefficient (Wildman–Crippen LogP) is 3.96. The van der Waals surface area contributed by atoms with Crippen LogP contribution in [0.2, 0.25) is 0 Å². The maximum absolute atomic E-state index is 14.1. The first kappa shape index (κ1) is 19.0. The Bertz CT molecular complexity index is 1410. The lowest BCUT2D eigenvalue weighted by molar-refractivity contribution is -0.160. The molecule has 0 saturated heterocycles. The summed E-state index contributed by atoms with van der Waals surface area (Å²) in [5.74, 6) is 1.19. The molecule has 168 valence electrons. The van der Waals surface area contributed by atoms with Crippen molar-refractivity contribution >= 4 is 28.2 Å². The van der Waals surface area contributed by atoms with Gasteiger partial charge >= 0.3 is 5.97 Å². The highest BCUT2D eigenvalue weighted by molar-refractivity contribution is 5.83. The number of hydrogen-bond donors (Lipinski definition) is 3. The predicted molar refractivity (Wildman–Crippen MR) is 119 cm³/mol. The number of aliphatic carboxylic acids is 1. The first-order valence-electron chi connectivity index (χ1n) is 11.6. The number of hydrogen-bond acceptors (Lipinski definition) is 5. The number of pyridine rings is 1. The Hall–Kier alpha value is -3.49. The molecular formula is C24H23FN6O2. The van der Waals surface area contributed by atoms with E-state index in [-0.39, 0.29) is 12.0 Å². The van der Waals surface area contributed by atoms with Gasteiger partial charge in [0.1, 0.15) is 5.52 Å². The summed E-state index contributed by atoms with van der Waals surface area (Å²) in [4.78, 5) is 24.0. The summed E-state index contributed by atoms with van der Waals surface area (Å²) < 4.78 is 15.8. The fourth-order valence-corrected chi connectivity index (χ4v) is 6.80. The van der Waals surface area contributed by atoms with Gasteiger partial charge in [-0.05, 0) is 67.6 Å². The van der Waals surface area contributed by atoms with E-state index in [0.29, 0.717) is 45.9 Å². The first-order valence-corrected chi connectivity index (χ1v) is 11.6. The van der Waals surface area contributed by atoms with Gasteiger partial charge in [0.25, 0.3) is 0 Å². The Morgan fingerprint density at radius 1 is 1.18 bits per heavy atom. The molecule has 3 N–H and O–H groups in total. The molecule has 8 rings (SSSR count). The number of aromatic amines is 1. The normalized spacial score (nSPS) is 30.3. The van der Waals surface area contributed by atoms with E-state index < -0.39 is 17.8 Å². The number of fused-ring (bicyclic) bond motifs is 4. The number of nitrogens with one attached hydrogen (secondary N) is 2. The smallest absolute Gasteiger partial charge is 0.308 e.